The second-order valence-electron chi connectivity index (χ2n) is 2.90. The summed E-state index contributed by atoms with van der Waals surface area (Å²) in [4.78, 5) is 0. The van der Waals surface area contributed by atoms with Crippen molar-refractivity contribution in [3.05, 3.63) is 25.3 Å². The van der Waals surface area contributed by atoms with Gasteiger partial charge in [-0.1, -0.05) is 47.8 Å². The predicted molar refractivity (Wildman–Crippen MR) is 67.6 cm³/mol. The first kappa shape index (κ1) is 15.4. The second-order valence-corrected chi connectivity index (χ2v) is 3.70. The van der Waals surface area contributed by atoms with Crippen LogP contribution in [0.4, 0.5) is 0 Å². The van der Waals surface area contributed by atoms with Crippen LogP contribution in [0.2, 0.25) is 0 Å². The van der Waals surface area contributed by atoms with E-state index in [1.165, 1.54) is 32.1 Å². The molecule has 0 spiro atoms. The molecule has 0 nitrogen and oxygen atoms in total. The molecule has 0 saturated carbocycles. The Morgan fingerprint density at radius 2 is 1.54 bits per heavy atom. The molecule has 0 amide bonds. The number of hydrogen-bond donors (Lipinski definition) is 0. The van der Waals surface area contributed by atoms with Crippen LogP contribution in [-0.4, -0.2) is 5.33 Å². The number of rotatable bonds is 7. The van der Waals surface area contributed by atoms with Gasteiger partial charge in [-0.15, -0.1) is 13.2 Å². The van der Waals surface area contributed by atoms with Crippen LogP contribution in [0.15, 0.2) is 25.3 Å². The molecule has 0 heterocycles. The highest BCUT2D eigenvalue weighted by Crippen LogP contribution is 1.97. The monoisotopic (exact) mass is 246 g/mol. The Morgan fingerprint density at radius 1 is 1.00 bits per heavy atom. The number of allylic oxidation sites excluding steroid dienone is 2. The van der Waals surface area contributed by atoms with Gasteiger partial charge in [-0.2, -0.15) is 0 Å². The fraction of sp³-hybridized carbons (Fsp3) is 0.667. The highest BCUT2D eigenvalue weighted by atomic mass is 79.9. The Balaban J connectivity index is 0. The van der Waals surface area contributed by atoms with E-state index in [1.807, 2.05) is 12.2 Å². The van der Waals surface area contributed by atoms with Crippen molar-refractivity contribution in [3.63, 3.8) is 0 Å². The van der Waals surface area contributed by atoms with Crippen LogP contribution in [0.1, 0.15) is 45.4 Å². The van der Waals surface area contributed by atoms with Gasteiger partial charge in [0.1, 0.15) is 0 Å². The minimum Gasteiger partial charge on any atom is -0.103 e. The van der Waals surface area contributed by atoms with Gasteiger partial charge in [0.25, 0.3) is 0 Å². The van der Waals surface area contributed by atoms with Crippen LogP contribution in [0.3, 0.4) is 0 Å². The van der Waals surface area contributed by atoms with E-state index < -0.39 is 0 Å². The average molecular weight is 247 g/mol. The smallest absolute Gasteiger partial charge is 0.00342 e. The standard InChI is InChI=1S/C7H14.C5H9Br/c1-3-5-7-6-4-2;1-2-3-4-5-6/h3H,1,4-7H2,2H3;2H,1,3-5H2. The number of halogens is 1. The molecular weight excluding hydrogens is 224 g/mol. The summed E-state index contributed by atoms with van der Waals surface area (Å²) < 4.78 is 0. The van der Waals surface area contributed by atoms with Gasteiger partial charge in [0, 0.05) is 5.33 Å². The van der Waals surface area contributed by atoms with Crippen LogP contribution in [-0.2, 0) is 0 Å². The molecule has 1 heteroatoms. The molecule has 0 radical (unpaired) electrons. The third kappa shape index (κ3) is 24.5. The van der Waals surface area contributed by atoms with E-state index in [1.54, 1.807) is 0 Å². The van der Waals surface area contributed by atoms with Gasteiger partial charge in [-0.3, -0.25) is 0 Å². The molecule has 0 rings (SSSR count). The predicted octanol–water partition coefficient (Wildman–Crippen LogP) is 5.10. The van der Waals surface area contributed by atoms with Crippen molar-refractivity contribution in [1.29, 1.82) is 0 Å². The van der Waals surface area contributed by atoms with Crippen LogP contribution >= 0.6 is 15.9 Å². The maximum atomic E-state index is 3.63. The molecule has 0 N–H and O–H groups in total. The Bertz CT molecular complexity index is 97.3. The van der Waals surface area contributed by atoms with Crippen LogP contribution in [0, 0.1) is 0 Å². The zero-order chi connectivity index (χ0) is 10.4. The molecule has 0 atom stereocenters. The number of alkyl halides is 1. The Labute approximate surface area is 92.2 Å². The molecule has 0 aliphatic rings. The zero-order valence-electron chi connectivity index (χ0n) is 8.90. The van der Waals surface area contributed by atoms with Crippen molar-refractivity contribution in [2.45, 2.75) is 45.4 Å². The molecule has 0 bridgehead atoms. The summed E-state index contributed by atoms with van der Waals surface area (Å²) in [6.07, 6.45) is 11.4. The van der Waals surface area contributed by atoms with Gasteiger partial charge in [-0.05, 0) is 25.7 Å². The Kier molecular flexibility index (Phi) is 21.2. The maximum Gasteiger partial charge on any atom is 0.00342 e. The lowest BCUT2D eigenvalue weighted by Crippen LogP contribution is -1.67. The van der Waals surface area contributed by atoms with Crippen LogP contribution in [0.5, 0.6) is 0 Å². The van der Waals surface area contributed by atoms with E-state index in [0.29, 0.717) is 0 Å². The van der Waals surface area contributed by atoms with Gasteiger partial charge >= 0.3 is 0 Å². The molecule has 13 heavy (non-hydrogen) atoms. The molecule has 0 unspecified atom stereocenters. The third-order valence-corrected chi connectivity index (χ3v) is 2.11. The van der Waals surface area contributed by atoms with Crippen molar-refractivity contribution in [1.82, 2.24) is 0 Å². The molecule has 0 aromatic rings. The average Bonchev–Trinajstić information content (AvgIpc) is 2.17. The van der Waals surface area contributed by atoms with Crippen LogP contribution in [0.25, 0.3) is 0 Å². The van der Waals surface area contributed by atoms with Crippen molar-refractivity contribution in [2.24, 2.45) is 0 Å². The summed E-state index contributed by atoms with van der Waals surface area (Å²) in [6, 6.07) is 0. The van der Waals surface area contributed by atoms with Crippen molar-refractivity contribution in [2.75, 3.05) is 5.33 Å². The summed E-state index contributed by atoms with van der Waals surface area (Å²) >= 11 is 3.30. The van der Waals surface area contributed by atoms with E-state index in [4.69, 9.17) is 0 Å². The highest BCUT2D eigenvalue weighted by molar-refractivity contribution is 9.09. The van der Waals surface area contributed by atoms with E-state index in [9.17, 15) is 0 Å². The first-order chi connectivity index (χ1) is 6.33. The topological polar surface area (TPSA) is 0 Å². The van der Waals surface area contributed by atoms with E-state index in [-0.39, 0.29) is 0 Å². The first-order valence-corrected chi connectivity index (χ1v) is 6.23. The van der Waals surface area contributed by atoms with E-state index >= 15 is 0 Å². The van der Waals surface area contributed by atoms with Crippen molar-refractivity contribution in [3.8, 4) is 0 Å². The normalized spacial score (nSPS) is 8.46. The van der Waals surface area contributed by atoms with E-state index in [2.05, 4.69) is 36.0 Å². The molecule has 78 valence electrons. The zero-order valence-corrected chi connectivity index (χ0v) is 10.5. The highest BCUT2D eigenvalue weighted by Gasteiger charge is 1.77. The van der Waals surface area contributed by atoms with E-state index in [0.717, 1.165) is 11.8 Å². The fourth-order valence-electron chi connectivity index (χ4n) is 0.760. The summed E-state index contributed by atoms with van der Waals surface area (Å²) in [5.41, 5.74) is 0. The molecule has 0 aliphatic carbocycles. The summed E-state index contributed by atoms with van der Waals surface area (Å²) in [5.74, 6) is 0. The Morgan fingerprint density at radius 3 is 1.85 bits per heavy atom. The van der Waals surface area contributed by atoms with Crippen molar-refractivity contribution < 1.29 is 0 Å². The summed E-state index contributed by atoms with van der Waals surface area (Å²) in [6.45, 7) is 9.42. The van der Waals surface area contributed by atoms with Gasteiger partial charge in [0.05, 0.1) is 0 Å². The lowest BCUT2D eigenvalue weighted by molar-refractivity contribution is 0.730. The molecular formula is C12H23Br. The maximum absolute atomic E-state index is 3.63. The molecule has 0 aromatic heterocycles. The van der Waals surface area contributed by atoms with Gasteiger partial charge in [0.2, 0.25) is 0 Å². The van der Waals surface area contributed by atoms with Crippen molar-refractivity contribution >= 4 is 15.9 Å². The van der Waals surface area contributed by atoms with Gasteiger partial charge < -0.3 is 0 Å². The van der Waals surface area contributed by atoms with Gasteiger partial charge in [-0.25, -0.2) is 0 Å². The molecule has 0 aliphatic heterocycles. The second kappa shape index (κ2) is 17.9. The largest absolute Gasteiger partial charge is 0.103 e. The molecule has 0 saturated heterocycles. The molecule has 0 aromatic carbocycles. The SMILES string of the molecule is C=CCCCBr.C=CCCCCC. The minimum absolute atomic E-state index is 1.10. The summed E-state index contributed by atoms with van der Waals surface area (Å²) in [7, 11) is 0. The minimum atomic E-state index is 1.10. The van der Waals surface area contributed by atoms with Crippen LogP contribution < -0.4 is 0 Å². The lowest BCUT2D eigenvalue weighted by Gasteiger charge is -1.87. The number of hydrogen-bond acceptors (Lipinski definition) is 0. The molecule has 0 fully saturated rings. The summed E-state index contributed by atoms with van der Waals surface area (Å²) in [5, 5.41) is 1.10. The Hall–Kier alpha value is -0.0400. The third-order valence-electron chi connectivity index (χ3n) is 1.55. The fourth-order valence-corrected chi connectivity index (χ4v) is 1.08. The lowest BCUT2D eigenvalue weighted by atomic mass is 10.2. The first-order valence-electron chi connectivity index (χ1n) is 5.11. The number of unbranched alkanes of at least 4 members (excludes halogenated alkanes) is 4. The van der Waals surface area contributed by atoms with Gasteiger partial charge in [0.15, 0.2) is 0 Å². The quantitative estimate of drug-likeness (QED) is 0.333.